The lowest BCUT2D eigenvalue weighted by Gasteiger charge is -2.00. The summed E-state index contributed by atoms with van der Waals surface area (Å²) in [5.74, 6) is -0.796. The zero-order chi connectivity index (χ0) is 11.7. The van der Waals surface area contributed by atoms with Crippen molar-refractivity contribution < 1.29 is 14.0 Å². The van der Waals surface area contributed by atoms with Gasteiger partial charge in [-0.15, -0.1) is 0 Å². The standard InChI is InChI=1S/C9H7ClFN3O2/c10-5-1-4(6(11)2-7(5)15)9-13-8(3-12)16-14-9/h1-2,15H,3,12H2. The van der Waals surface area contributed by atoms with Crippen molar-refractivity contribution in [3.05, 3.63) is 28.9 Å². The molecule has 2 aromatic rings. The van der Waals surface area contributed by atoms with Crippen molar-refractivity contribution in [2.24, 2.45) is 5.73 Å². The lowest BCUT2D eigenvalue weighted by atomic mass is 10.2. The SMILES string of the molecule is NCc1nc(-c2cc(Cl)c(O)cc2F)no1. The van der Waals surface area contributed by atoms with E-state index in [2.05, 4.69) is 10.1 Å². The van der Waals surface area contributed by atoms with E-state index < -0.39 is 5.82 Å². The third-order valence-corrected chi connectivity index (χ3v) is 2.22. The Morgan fingerprint density at radius 2 is 2.25 bits per heavy atom. The first-order chi connectivity index (χ1) is 7.61. The van der Waals surface area contributed by atoms with Gasteiger partial charge < -0.3 is 15.4 Å². The topological polar surface area (TPSA) is 85.2 Å². The highest BCUT2D eigenvalue weighted by molar-refractivity contribution is 6.32. The molecule has 0 radical (unpaired) electrons. The normalized spacial score (nSPS) is 10.7. The van der Waals surface area contributed by atoms with Gasteiger partial charge in [0.1, 0.15) is 11.6 Å². The molecule has 0 unspecified atom stereocenters. The molecule has 0 aliphatic heterocycles. The number of aromatic hydroxyl groups is 1. The van der Waals surface area contributed by atoms with Crippen LogP contribution in [0.4, 0.5) is 4.39 Å². The summed E-state index contributed by atoms with van der Waals surface area (Å²) in [7, 11) is 0. The predicted octanol–water partition coefficient (Wildman–Crippen LogP) is 1.69. The minimum absolute atomic E-state index is 0.00972. The molecule has 1 heterocycles. The number of phenolic OH excluding ortho intramolecular Hbond substituents is 1. The molecule has 0 spiro atoms. The van der Waals surface area contributed by atoms with Crippen molar-refractivity contribution >= 4 is 11.6 Å². The Bertz CT molecular complexity index is 529. The van der Waals surface area contributed by atoms with Crippen LogP contribution in [0.25, 0.3) is 11.4 Å². The molecular weight excluding hydrogens is 237 g/mol. The van der Waals surface area contributed by atoms with E-state index in [4.69, 9.17) is 27.0 Å². The van der Waals surface area contributed by atoms with Crippen molar-refractivity contribution in [1.29, 1.82) is 0 Å². The van der Waals surface area contributed by atoms with Gasteiger partial charge >= 0.3 is 0 Å². The van der Waals surface area contributed by atoms with Crippen molar-refractivity contribution in [2.75, 3.05) is 0 Å². The van der Waals surface area contributed by atoms with Crippen molar-refractivity contribution in [2.45, 2.75) is 6.54 Å². The van der Waals surface area contributed by atoms with E-state index in [1.54, 1.807) is 0 Å². The van der Waals surface area contributed by atoms with Gasteiger partial charge in [-0.2, -0.15) is 4.98 Å². The summed E-state index contributed by atoms with van der Waals surface area (Å²) in [6, 6.07) is 2.10. The first kappa shape index (κ1) is 10.8. The summed E-state index contributed by atoms with van der Waals surface area (Å²) < 4.78 is 18.2. The molecule has 0 saturated carbocycles. The van der Waals surface area contributed by atoms with Crippen LogP contribution in [0.2, 0.25) is 5.02 Å². The van der Waals surface area contributed by atoms with E-state index in [0.29, 0.717) is 0 Å². The van der Waals surface area contributed by atoms with Gasteiger partial charge in [-0.05, 0) is 6.07 Å². The molecule has 5 nitrogen and oxygen atoms in total. The molecule has 0 aliphatic carbocycles. The fourth-order valence-electron chi connectivity index (χ4n) is 1.15. The second-order valence-corrected chi connectivity index (χ2v) is 3.41. The van der Waals surface area contributed by atoms with E-state index in [0.717, 1.165) is 6.07 Å². The van der Waals surface area contributed by atoms with Crippen molar-refractivity contribution in [3.63, 3.8) is 0 Å². The molecular formula is C9H7ClFN3O2. The highest BCUT2D eigenvalue weighted by Gasteiger charge is 2.15. The molecule has 16 heavy (non-hydrogen) atoms. The van der Waals surface area contributed by atoms with Gasteiger partial charge in [-0.3, -0.25) is 0 Å². The van der Waals surface area contributed by atoms with Gasteiger partial charge in [-0.25, -0.2) is 4.39 Å². The van der Waals surface area contributed by atoms with Gasteiger partial charge in [-0.1, -0.05) is 16.8 Å². The Morgan fingerprint density at radius 3 is 2.88 bits per heavy atom. The molecule has 0 amide bonds. The van der Waals surface area contributed by atoms with E-state index >= 15 is 0 Å². The van der Waals surface area contributed by atoms with Crippen molar-refractivity contribution in [1.82, 2.24) is 10.1 Å². The fraction of sp³-hybridized carbons (Fsp3) is 0.111. The maximum absolute atomic E-state index is 13.5. The quantitative estimate of drug-likeness (QED) is 0.838. The zero-order valence-electron chi connectivity index (χ0n) is 7.94. The fourth-order valence-corrected chi connectivity index (χ4v) is 1.32. The Hall–Kier alpha value is -1.66. The number of nitrogens with two attached hydrogens (primary N) is 1. The second-order valence-electron chi connectivity index (χ2n) is 3.00. The van der Waals surface area contributed by atoms with Gasteiger partial charge in [0.05, 0.1) is 17.1 Å². The number of phenols is 1. The largest absolute Gasteiger partial charge is 0.506 e. The molecule has 84 valence electrons. The molecule has 2 rings (SSSR count). The molecule has 0 aliphatic rings. The number of benzene rings is 1. The lowest BCUT2D eigenvalue weighted by molar-refractivity contribution is 0.380. The number of nitrogens with zero attached hydrogens (tertiary/aromatic N) is 2. The van der Waals surface area contributed by atoms with Crippen LogP contribution >= 0.6 is 11.6 Å². The molecule has 7 heteroatoms. The van der Waals surface area contributed by atoms with Crippen molar-refractivity contribution in [3.8, 4) is 17.1 Å². The molecule has 3 N–H and O–H groups in total. The van der Waals surface area contributed by atoms with Gasteiger partial charge in [0.25, 0.3) is 0 Å². The van der Waals surface area contributed by atoms with Gasteiger partial charge in [0.15, 0.2) is 0 Å². The van der Waals surface area contributed by atoms with Crippen LogP contribution in [0, 0.1) is 5.82 Å². The Morgan fingerprint density at radius 1 is 1.50 bits per heavy atom. The summed E-state index contributed by atoms with van der Waals surface area (Å²) in [5, 5.41) is 12.7. The van der Waals surface area contributed by atoms with Crippen LogP contribution in [0.5, 0.6) is 5.75 Å². The number of aromatic nitrogens is 2. The summed E-state index contributed by atoms with van der Waals surface area (Å²) in [4.78, 5) is 3.85. The average Bonchev–Trinajstić information content (AvgIpc) is 2.71. The maximum Gasteiger partial charge on any atom is 0.240 e. The zero-order valence-corrected chi connectivity index (χ0v) is 8.70. The number of rotatable bonds is 2. The number of halogens is 2. The summed E-state index contributed by atoms with van der Waals surface area (Å²) in [5.41, 5.74) is 5.32. The summed E-state index contributed by atoms with van der Waals surface area (Å²) in [6.07, 6.45) is 0. The summed E-state index contributed by atoms with van der Waals surface area (Å²) in [6.45, 7) is 0.0699. The molecule has 1 aromatic carbocycles. The van der Waals surface area contributed by atoms with Crippen LogP contribution < -0.4 is 5.73 Å². The highest BCUT2D eigenvalue weighted by atomic mass is 35.5. The summed E-state index contributed by atoms with van der Waals surface area (Å²) >= 11 is 5.65. The average molecular weight is 244 g/mol. The smallest absolute Gasteiger partial charge is 0.240 e. The second kappa shape index (κ2) is 4.07. The highest BCUT2D eigenvalue weighted by Crippen LogP contribution is 2.30. The maximum atomic E-state index is 13.5. The Labute approximate surface area is 94.6 Å². The molecule has 0 saturated heterocycles. The van der Waals surface area contributed by atoms with E-state index in [1.165, 1.54) is 6.07 Å². The first-order valence-corrected chi connectivity index (χ1v) is 4.70. The Kier molecular flexibility index (Phi) is 2.76. The lowest BCUT2D eigenvalue weighted by Crippen LogP contribution is -1.96. The first-order valence-electron chi connectivity index (χ1n) is 4.33. The van der Waals surface area contributed by atoms with E-state index in [1.807, 2.05) is 0 Å². The third kappa shape index (κ3) is 1.84. The third-order valence-electron chi connectivity index (χ3n) is 1.92. The Balaban J connectivity index is 2.51. The van der Waals surface area contributed by atoms with Crippen LogP contribution in [-0.2, 0) is 6.54 Å². The minimum Gasteiger partial charge on any atom is -0.506 e. The van der Waals surface area contributed by atoms with Crippen LogP contribution in [0.15, 0.2) is 16.7 Å². The van der Waals surface area contributed by atoms with Crippen LogP contribution in [-0.4, -0.2) is 15.2 Å². The number of hydrogen-bond donors (Lipinski definition) is 2. The molecule has 0 atom stereocenters. The minimum atomic E-state index is -0.689. The van der Waals surface area contributed by atoms with Gasteiger partial charge in [0, 0.05) is 6.07 Å². The molecule has 0 fully saturated rings. The van der Waals surface area contributed by atoms with E-state index in [-0.39, 0.29) is 34.6 Å². The number of hydrogen-bond acceptors (Lipinski definition) is 5. The van der Waals surface area contributed by atoms with Crippen LogP contribution in [0.1, 0.15) is 5.89 Å². The molecule has 1 aromatic heterocycles. The van der Waals surface area contributed by atoms with E-state index in [9.17, 15) is 4.39 Å². The monoisotopic (exact) mass is 243 g/mol. The van der Waals surface area contributed by atoms with Crippen LogP contribution in [0.3, 0.4) is 0 Å². The van der Waals surface area contributed by atoms with Gasteiger partial charge in [0.2, 0.25) is 11.7 Å². The predicted molar refractivity (Wildman–Crippen MR) is 54.3 cm³/mol. The molecule has 0 bridgehead atoms.